The molecule has 4 N–H and O–H groups in total. The van der Waals surface area contributed by atoms with Crippen LogP contribution in [0.5, 0.6) is 11.5 Å². The Morgan fingerprint density at radius 3 is 2.52 bits per heavy atom. The third-order valence-electron chi connectivity index (χ3n) is 3.69. The number of nitrogens with zero attached hydrogens (tertiary/aromatic N) is 1. The van der Waals surface area contributed by atoms with Gasteiger partial charge >= 0.3 is 0 Å². The number of aliphatic imine (C=N–C) groups is 1. The van der Waals surface area contributed by atoms with Gasteiger partial charge in [-0.25, -0.2) is 0 Å². The fourth-order valence-electron chi connectivity index (χ4n) is 2.41. The van der Waals surface area contributed by atoms with Crippen LogP contribution in [-0.2, 0) is 0 Å². The molecule has 0 aliphatic heterocycles. The van der Waals surface area contributed by atoms with E-state index >= 15 is 0 Å². The number of anilines is 1. The van der Waals surface area contributed by atoms with Crippen molar-refractivity contribution in [3.8, 4) is 11.5 Å². The van der Waals surface area contributed by atoms with Gasteiger partial charge in [0, 0.05) is 18.2 Å². The smallest absolute Gasteiger partial charge is 0.251 e. The summed E-state index contributed by atoms with van der Waals surface area (Å²) in [7, 11) is 0. The van der Waals surface area contributed by atoms with E-state index in [1.807, 2.05) is 26.0 Å². The second-order valence-corrected chi connectivity index (χ2v) is 6.62. The summed E-state index contributed by atoms with van der Waals surface area (Å²) in [5.74, 6) is 1.26. The Kier molecular flexibility index (Phi) is 8.89. The molecule has 0 heterocycles. The molecule has 0 aliphatic carbocycles. The number of hydrogen-bond donors (Lipinski definition) is 3. The molecule has 0 fully saturated rings. The molecule has 1 amide bonds. The minimum Gasteiger partial charge on any atom is -0.494 e. The summed E-state index contributed by atoms with van der Waals surface area (Å²) in [5, 5.41) is 6.47. The molecular formula is C20H24Cl2N4O3. The predicted octanol–water partition coefficient (Wildman–Crippen LogP) is 3.95. The fraction of sp³-hybridized carbons (Fsp3) is 0.300. The number of amides is 1. The number of hydrogen-bond acceptors (Lipinski definition) is 4. The lowest BCUT2D eigenvalue weighted by atomic mass is 10.2. The predicted molar refractivity (Wildman–Crippen MR) is 118 cm³/mol. The standard InChI is InChI=1S/C20H24Cl2N4O3/c1-3-28-14-6-8-18(29-4-2)17(12-14)26-20(23)25-10-9-24-19(27)13-5-7-15(21)16(22)11-13/h5-8,11-12H,3-4,9-10H2,1-2H3,(H,24,27)(H3,23,25,26). The average molecular weight is 439 g/mol. The van der Waals surface area contributed by atoms with Crippen molar-refractivity contribution in [3.63, 3.8) is 0 Å². The van der Waals surface area contributed by atoms with E-state index in [9.17, 15) is 4.79 Å². The minimum atomic E-state index is -0.270. The summed E-state index contributed by atoms with van der Waals surface area (Å²) in [5.41, 5.74) is 7.03. The molecule has 0 saturated heterocycles. The molecule has 0 atom stereocenters. The number of ether oxygens (including phenoxy) is 2. The Labute approximate surface area is 180 Å². The first-order valence-electron chi connectivity index (χ1n) is 9.14. The molecule has 0 radical (unpaired) electrons. The van der Waals surface area contributed by atoms with Crippen LogP contribution in [0.1, 0.15) is 24.2 Å². The first kappa shape index (κ1) is 22.6. The first-order valence-corrected chi connectivity index (χ1v) is 9.90. The van der Waals surface area contributed by atoms with Gasteiger partial charge in [0.25, 0.3) is 5.91 Å². The van der Waals surface area contributed by atoms with E-state index in [-0.39, 0.29) is 11.9 Å². The van der Waals surface area contributed by atoms with E-state index in [1.165, 1.54) is 6.07 Å². The van der Waals surface area contributed by atoms with Crippen molar-refractivity contribution in [1.29, 1.82) is 0 Å². The maximum absolute atomic E-state index is 12.1. The zero-order valence-corrected chi connectivity index (χ0v) is 17.8. The highest BCUT2D eigenvalue weighted by Gasteiger charge is 2.09. The third kappa shape index (κ3) is 7.03. The molecule has 2 rings (SSSR count). The van der Waals surface area contributed by atoms with Crippen molar-refractivity contribution >= 4 is 40.8 Å². The Morgan fingerprint density at radius 2 is 1.83 bits per heavy atom. The van der Waals surface area contributed by atoms with E-state index in [4.69, 9.17) is 38.4 Å². The van der Waals surface area contributed by atoms with Crippen LogP contribution in [0.2, 0.25) is 10.0 Å². The summed E-state index contributed by atoms with van der Waals surface area (Å²) in [6, 6.07) is 10.1. The number of halogens is 2. The number of carbonyl (C=O) groups is 1. The number of rotatable bonds is 9. The van der Waals surface area contributed by atoms with Crippen LogP contribution < -0.4 is 25.8 Å². The van der Waals surface area contributed by atoms with Gasteiger partial charge in [-0.15, -0.1) is 0 Å². The molecule has 2 aromatic rings. The highest BCUT2D eigenvalue weighted by molar-refractivity contribution is 6.42. The summed E-state index contributed by atoms with van der Waals surface area (Å²) in [6.45, 7) is 5.47. The van der Waals surface area contributed by atoms with Crippen molar-refractivity contribution in [2.24, 2.45) is 10.7 Å². The van der Waals surface area contributed by atoms with Gasteiger partial charge in [0.15, 0.2) is 5.96 Å². The van der Waals surface area contributed by atoms with Crippen LogP contribution in [0, 0.1) is 0 Å². The topological polar surface area (TPSA) is 98.0 Å². The number of nitrogens with one attached hydrogen (secondary N) is 2. The van der Waals surface area contributed by atoms with Crippen molar-refractivity contribution in [1.82, 2.24) is 5.32 Å². The summed E-state index contributed by atoms with van der Waals surface area (Å²) >= 11 is 11.8. The summed E-state index contributed by atoms with van der Waals surface area (Å²) in [4.78, 5) is 16.3. The van der Waals surface area contributed by atoms with Gasteiger partial charge in [0.05, 0.1) is 35.5 Å². The highest BCUT2D eigenvalue weighted by Crippen LogP contribution is 2.29. The SMILES string of the molecule is CCOc1ccc(OCC)c(NC(N)=NCCNC(=O)c2ccc(Cl)c(Cl)c2)c1. The molecule has 0 aromatic heterocycles. The molecule has 29 heavy (non-hydrogen) atoms. The molecule has 0 spiro atoms. The fourth-order valence-corrected chi connectivity index (χ4v) is 2.71. The van der Waals surface area contributed by atoms with Crippen molar-refractivity contribution < 1.29 is 14.3 Å². The molecule has 0 unspecified atom stereocenters. The van der Waals surface area contributed by atoms with E-state index in [0.717, 1.165) is 0 Å². The van der Waals surface area contributed by atoms with E-state index in [2.05, 4.69) is 15.6 Å². The van der Waals surface area contributed by atoms with Crippen molar-refractivity contribution in [2.75, 3.05) is 31.6 Å². The molecule has 156 valence electrons. The Balaban J connectivity index is 1.92. The van der Waals surface area contributed by atoms with E-state index in [1.54, 1.807) is 18.2 Å². The van der Waals surface area contributed by atoms with Crippen LogP contribution in [0.15, 0.2) is 41.4 Å². The molecule has 9 heteroatoms. The van der Waals surface area contributed by atoms with Crippen LogP contribution in [0.25, 0.3) is 0 Å². The lowest BCUT2D eigenvalue weighted by Gasteiger charge is -2.14. The van der Waals surface area contributed by atoms with Crippen LogP contribution >= 0.6 is 23.2 Å². The first-order chi connectivity index (χ1) is 13.9. The van der Waals surface area contributed by atoms with Gasteiger partial charge < -0.3 is 25.8 Å². The highest BCUT2D eigenvalue weighted by atomic mass is 35.5. The van der Waals surface area contributed by atoms with Crippen LogP contribution in [0.3, 0.4) is 0 Å². The zero-order chi connectivity index (χ0) is 21.2. The van der Waals surface area contributed by atoms with E-state index < -0.39 is 0 Å². The van der Waals surface area contributed by atoms with Gasteiger partial charge in [0.1, 0.15) is 11.5 Å². The van der Waals surface area contributed by atoms with E-state index in [0.29, 0.717) is 59.1 Å². The maximum Gasteiger partial charge on any atom is 0.251 e. The molecule has 0 bridgehead atoms. The lowest BCUT2D eigenvalue weighted by Crippen LogP contribution is -2.28. The monoisotopic (exact) mass is 438 g/mol. The zero-order valence-electron chi connectivity index (χ0n) is 16.3. The molecule has 2 aromatic carbocycles. The van der Waals surface area contributed by atoms with Gasteiger partial charge in [-0.3, -0.25) is 9.79 Å². The summed E-state index contributed by atoms with van der Waals surface area (Å²) < 4.78 is 11.1. The average Bonchev–Trinajstić information content (AvgIpc) is 2.69. The van der Waals surface area contributed by atoms with Gasteiger partial charge in [-0.05, 0) is 44.2 Å². The second kappa shape index (κ2) is 11.4. The Morgan fingerprint density at radius 1 is 1.07 bits per heavy atom. The Hall–Kier alpha value is -2.64. The number of carbonyl (C=O) groups excluding carboxylic acids is 1. The summed E-state index contributed by atoms with van der Waals surface area (Å²) in [6.07, 6.45) is 0. The number of guanidine groups is 1. The minimum absolute atomic E-state index is 0.198. The maximum atomic E-state index is 12.1. The molecule has 0 aliphatic rings. The number of nitrogens with two attached hydrogens (primary N) is 1. The molecular weight excluding hydrogens is 415 g/mol. The van der Waals surface area contributed by atoms with Gasteiger partial charge in [0.2, 0.25) is 0 Å². The third-order valence-corrected chi connectivity index (χ3v) is 4.42. The Bertz CT molecular complexity index is 875. The molecule has 7 nitrogen and oxygen atoms in total. The number of benzene rings is 2. The molecule has 0 saturated carbocycles. The van der Waals surface area contributed by atoms with Gasteiger partial charge in [-0.1, -0.05) is 23.2 Å². The quantitative estimate of drug-likeness (QED) is 0.312. The normalized spacial score (nSPS) is 11.1. The second-order valence-electron chi connectivity index (χ2n) is 5.80. The van der Waals surface area contributed by atoms with Crippen molar-refractivity contribution in [2.45, 2.75) is 13.8 Å². The van der Waals surface area contributed by atoms with Crippen LogP contribution in [-0.4, -0.2) is 38.2 Å². The largest absolute Gasteiger partial charge is 0.494 e. The lowest BCUT2D eigenvalue weighted by molar-refractivity contribution is 0.0955. The van der Waals surface area contributed by atoms with Crippen molar-refractivity contribution in [3.05, 3.63) is 52.0 Å². The van der Waals surface area contributed by atoms with Crippen LogP contribution in [0.4, 0.5) is 5.69 Å². The van der Waals surface area contributed by atoms with Gasteiger partial charge in [-0.2, -0.15) is 0 Å².